The van der Waals surface area contributed by atoms with Crippen LogP contribution in [0.25, 0.3) is 0 Å². The van der Waals surface area contributed by atoms with Gasteiger partial charge in [-0.3, -0.25) is 4.79 Å². The number of hydrogen-bond donors (Lipinski definition) is 0. The van der Waals surface area contributed by atoms with Gasteiger partial charge in [0.2, 0.25) is 5.13 Å². The molecule has 4 rings (SSSR count). The standard InChI is InChI=1S/C21H19ClFN3OS/c22-17-5-1-14(2-6-17)13-19-24-25-21(28-19)26-11-9-16(10-12-26)20(27)15-3-7-18(23)8-4-15/h1-8,16H,9-13H2. The van der Waals surface area contributed by atoms with Crippen LogP contribution in [0.5, 0.6) is 0 Å². The van der Waals surface area contributed by atoms with E-state index in [1.165, 1.54) is 12.1 Å². The summed E-state index contributed by atoms with van der Waals surface area (Å²) in [5.41, 5.74) is 1.73. The summed E-state index contributed by atoms with van der Waals surface area (Å²) < 4.78 is 13.1. The lowest BCUT2D eigenvalue weighted by atomic mass is 9.89. The second kappa shape index (κ2) is 8.37. The van der Waals surface area contributed by atoms with E-state index >= 15 is 0 Å². The van der Waals surface area contributed by atoms with Gasteiger partial charge in [-0.15, -0.1) is 10.2 Å². The number of piperidine rings is 1. The first-order valence-electron chi connectivity index (χ1n) is 9.20. The lowest BCUT2D eigenvalue weighted by Gasteiger charge is -2.30. The zero-order valence-electron chi connectivity index (χ0n) is 15.1. The van der Waals surface area contributed by atoms with Crippen molar-refractivity contribution < 1.29 is 9.18 Å². The number of carbonyl (C=O) groups is 1. The third kappa shape index (κ3) is 4.39. The van der Waals surface area contributed by atoms with Gasteiger partial charge in [0.25, 0.3) is 0 Å². The molecule has 1 aliphatic heterocycles. The molecule has 0 unspecified atom stereocenters. The van der Waals surface area contributed by atoms with Crippen LogP contribution < -0.4 is 4.90 Å². The lowest BCUT2D eigenvalue weighted by molar-refractivity contribution is 0.0900. The molecule has 1 saturated heterocycles. The number of nitrogens with zero attached hydrogens (tertiary/aromatic N) is 3. The number of rotatable bonds is 5. The van der Waals surface area contributed by atoms with Crippen molar-refractivity contribution >= 4 is 33.9 Å². The number of carbonyl (C=O) groups excluding carboxylic acids is 1. The second-order valence-electron chi connectivity index (χ2n) is 6.91. The van der Waals surface area contributed by atoms with E-state index in [4.69, 9.17) is 11.6 Å². The van der Waals surface area contributed by atoms with Gasteiger partial charge in [-0.05, 0) is 54.8 Å². The van der Waals surface area contributed by atoms with Crippen molar-refractivity contribution in [3.8, 4) is 0 Å². The molecular weight excluding hydrogens is 397 g/mol. The third-order valence-corrected chi connectivity index (χ3v) is 6.23. The normalized spacial score (nSPS) is 15.0. The molecule has 0 radical (unpaired) electrons. The van der Waals surface area contributed by atoms with Crippen LogP contribution in [0.4, 0.5) is 9.52 Å². The summed E-state index contributed by atoms with van der Waals surface area (Å²) in [6, 6.07) is 13.6. The summed E-state index contributed by atoms with van der Waals surface area (Å²) in [4.78, 5) is 14.8. The van der Waals surface area contributed by atoms with E-state index in [0.29, 0.717) is 5.56 Å². The molecular formula is C21H19ClFN3OS. The van der Waals surface area contributed by atoms with Crippen molar-refractivity contribution in [1.82, 2.24) is 10.2 Å². The van der Waals surface area contributed by atoms with E-state index < -0.39 is 0 Å². The van der Waals surface area contributed by atoms with Crippen LogP contribution in [0, 0.1) is 11.7 Å². The Morgan fingerprint density at radius 2 is 1.75 bits per heavy atom. The molecule has 0 spiro atoms. The minimum absolute atomic E-state index is 0.0248. The Bertz CT molecular complexity index is 951. The average Bonchev–Trinajstić information content (AvgIpc) is 3.18. The largest absolute Gasteiger partial charge is 0.347 e. The van der Waals surface area contributed by atoms with Crippen LogP contribution in [0.1, 0.15) is 33.8 Å². The number of hydrogen-bond acceptors (Lipinski definition) is 5. The van der Waals surface area contributed by atoms with Crippen LogP contribution in [0.3, 0.4) is 0 Å². The number of halogens is 2. The van der Waals surface area contributed by atoms with Crippen molar-refractivity contribution in [3.05, 3.63) is 75.5 Å². The number of ketones is 1. The van der Waals surface area contributed by atoms with Crippen molar-refractivity contribution in [2.24, 2.45) is 5.92 Å². The SMILES string of the molecule is O=C(c1ccc(F)cc1)C1CCN(c2nnc(Cc3ccc(Cl)cc3)s2)CC1. The maximum Gasteiger partial charge on any atom is 0.208 e. The molecule has 144 valence electrons. The molecule has 28 heavy (non-hydrogen) atoms. The Morgan fingerprint density at radius 1 is 1.07 bits per heavy atom. The monoisotopic (exact) mass is 415 g/mol. The molecule has 4 nitrogen and oxygen atoms in total. The number of anilines is 1. The highest BCUT2D eigenvalue weighted by Crippen LogP contribution is 2.29. The summed E-state index contributed by atoms with van der Waals surface area (Å²) in [6.07, 6.45) is 2.26. The molecule has 0 saturated carbocycles. The maximum absolute atomic E-state index is 13.1. The molecule has 2 heterocycles. The molecule has 0 bridgehead atoms. The number of Topliss-reactive ketones (excluding diaryl/α,β-unsaturated/α-hetero) is 1. The Hall–Kier alpha value is -2.31. The fourth-order valence-corrected chi connectivity index (χ4v) is 4.45. The van der Waals surface area contributed by atoms with Gasteiger partial charge in [-0.2, -0.15) is 0 Å². The van der Waals surface area contributed by atoms with Gasteiger partial charge in [0, 0.05) is 36.0 Å². The third-order valence-electron chi connectivity index (χ3n) is 4.99. The summed E-state index contributed by atoms with van der Waals surface area (Å²) >= 11 is 7.52. The fraction of sp³-hybridized carbons (Fsp3) is 0.286. The van der Waals surface area contributed by atoms with E-state index in [0.717, 1.165) is 53.1 Å². The lowest BCUT2D eigenvalue weighted by Crippen LogP contribution is -2.36. The highest BCUT2D eigenvalue weighted by atomic mass is 35.5. The molecule has 2 aromatic carbocycles. The topological polar surface area (TPSA) is 46.1 Å². The van der Waals surface area contributed by atoms with Crippen molar-refractivity contribution in [3.63, 3.8) is 0 Å². The molecule has 0 aliphatic carbocycles. The van der Waals surface area contributed by atoms with Crippen LogP contribution in [0.2, 0.25) is 5.02 Å². The van der Waals surface area contributed by atoms with Gasteiger partial charge >= 0.3 is 0 Å². The van der Waals surface area contributed by atoms with Gasteiger partial charge < -0.3 is 4.90 Å². The summed E-state index contributed by atoms with van der Waals surface area (Å²) in [6.45, 7) is 1.54. The predicted octanol–water partition coefficient (Wildman–Crippen LogP) is 5.02. The van der Waals surface area contributed by atoms with Gasteiger partial charge in [-0.25, -0.2) is 4.39 Å². The number of benzene rings is 2. The van der Waals surface area contributed by atoms with Crippen LogP contribution in [0.15, 0.2) is 48.5 Å². The Morgan fingerprint density at radius 3 is 2.43 bits per heavy atom. The van der Waals surface area contributed by atoms with Gasteiger partial charge in [0.1, 0.15) is 10.8 Å². The molecule has 0 N–H and O–H groups in total. The zero-order valence-corrected chi connectivity index (χ0v) is 16.7. The molecule has 1 aliphatic rings. The van der Waals surface area contributed by atoms with Gasteiger partial charge in [0.15, 0.2) is 5.78 Å². The van der Waals surface area contributed by atoms with E-state index in [9.17, 15) is 9.18 Å². The Balaban J connectivity index is 1.35. The van der Waals surface area contributed by atoms with Crippen LogP contribution >= 0.6 is 22.9 Å². The summed E-state index contributed by atoms with van der Waals surface area (Å²) in [5, 5.41) is 11.2. The van der Waals surface area contributed by atoms with Crippen molar-refractivity contribution in [2.45, 2.75) is 19.3 Å². The average molecular weight is 416 g/mol. The van der Waals surface area contributed by atoms with Crippen molar-refractivity contribution in [2.75, 3.05) is 18.0 Å². The van der Waals surface area contributed by atoms with E-state index in [2.05, 4.69) is 15.1 Å². The van der Waals surface area contributed by atoms with E-state index in [-0.39, 0.29) is 17.5 Å². The van der Waals surface area contributed by atoms with Crippen LogP contribution in [-0.2, 0) is 6.42 Å². The highest BCUT2D eigenvalue weighted by Gasteiger charge is 2.27. The predicted molar refractivity (Wildman–Crippen MR) is 110 cm³/mol. The van der Waals surface area contributed by atoms with E-state index in [1.807, 2.05) is 24.3 Å². The highest BCUT2D eigenvalue weighted by molar-refractivity contribution is 7.15. The Labute approximate surface area is 172 Å². The zero-order chi connectivity index (χ0) is 19.5. The molecule has 0 atom stereocenters. The van der Waals surface area contributed by atoms with Crippen LogP contribution in [-0.4, -0.2) is 29.1 Å². The first-order valence-corrected chi connectivity index (χ1v) is 10.4. The minimum Gasteiger partial charge on any atom is -0.347 e. The fourth-order valence-electron chi connectivity index (χ4n) is 3.40. The van der Waals surface area contributed by atoms with Gasteiger partial charge in [-0.1, -0.05) is 35.1 Å². The Kier molecular flexibility index (Phi) is 5.69. The first kappa shape index (κ1) is 19.0. The smallest absolute Gasteiger partial charge is 0.208 e. The molecule has 7 heteroatoms. The number of aromatic nitrogens is 2. The van der Waals surface area contributed by atoms with Gasteiger partial charge in [0.05, 0.1) is 0 Å². The summed E-state index contributed by atoms with van der Waals surface area (Å²) in [5.74, 6) is -0.249. The molecule has 1 aromatic heterocycles. The maximum atomic E-state index is 13.1. The quantitative estimate of drug-likeness (QED) is 0.549. The minimum atomic E-state index is -0.322. The van der Waals surface area contributed by atoms with Crippen molar-refractivity contribution in [1.29, 1.82) is 0 Å². The molecule has 0 amide bonds. The molecule has 1 fully saturated rings. The molecule has 3 aromatic rings. The second-order valence-corrected chi connectivity index (χ2v) is 8.39. The van der Waals surface area contributed by atoms with E-state index in [1.54, 1.807) is 23.5 Å². The summed E-state index contributed by atoms with van der Waals surface area (Å²) in [7, 11) is 0. The first-order chi connectivity index (χ1) is 13.6.